The van der Waals surface area contributed by atoms with E-state index in [0.29, 0.717) is 29.6 Å². The van der Waals surface area contributed by atoms with Gasteiger partial charge < -0.3 is 21.3 Å². The lowest BCUT2D eigenvalue weighted by atomic mass is 9.93. The molecule has 0 spiro atoms. The molecule has 1 saturated heterocycles. The Labute approximate surface area is 233 Å². The molecule has 6 rings (SSSR count). The molecule has 2 aromatic heterocycles. The SMILES string of the molecule is CCC(CC)c1cc2cnc(Nc3ccc(NC4CCNC4)cc3)nc2n(C2Cc3ccccc3C(=O)N2)c1=O. The third-order valence-electron chi connectivity index (χ3n) is 8.08. The monoisotopic (exact) mass is 537 g/mol. The van der Waals surface area contributed by atoms with Crippen LogP contribution < -0.4 is 26.8 Å². The van der Waals surface area contributed by atoms with Crippen LogP contribution in [-0.4, -0.2) is 39.6 Å². The van der Waals surface area contributed by atoms with Crippen LogP contribution in [0, 0.1) is 0 Å². The van der Waals surface area contributed by atoms with Crippen LogP contribution in [0.2, 0.25) is 0 Å². The number of hydrogen-bond donors (Lipinski definition) is 4. The summed E-state index contributed by atoms with van der Waals surface area (Å²) in [4.78, 5) is 36.4. The lowest BCUT2D eigenvalue weighted by Gasteiger charge is -2.29. The van der Waals surface area contributed by atoms with Crippen LogP contribution in [0.5, 0.6) is 0 Å². The third kappa shape index (κ3) is 5.04. The summed E-state index contributed by atoms with van der Waals surface area (Å²) >= 11 is 0. The minimum Gasteiger partial charge on any atom is -0.381 e. The molecule has 2 aliphatic rings. The molecule has 0 aliphatic carbocycles. The number of anilines is 3. The predicted octanol–water partition coefficient (Wildman–Crippen LogP) is 4.70. The van der Waals surface area contributed by atoms with E-state index in [1.54, 1.807) is 10.8 Å². The Kier molecular flexibility index (Phi) is 7.21. The van der Waals surface area contributed by atoms with Gasteiger partial charge in [0.2, 0.25) is 5.95 Å². The first-order valence-corrected chi connectivity index (χ1v) is 14.2. The van der Waals surface area contributed by atoms with Gasteiger partial charge in [-0.1, -0.05) is 32.0 Å². The Morgan fingerprint density at radius 1 is 1.05 bits per heavy atom. The van der Waals surface area contributed by atoms with Crippen molar-refractivity contribution in [3.8, 4) is 0 Å². The highest BCUT2D eigenvalue weighted by atomic mass is 16.2. The maximum absolute atomic E-state index is 14.0. The minimum absolute atomic E-state index is 0.111. The highest BCUT2D eigenvalue weighted by molar-refractivity contribution is 5.97. The molecule has 4 heterocycles. The molecule has 9 nitrogen and oxygen atoms in total. The van der Waals surface area contributed by atoms with Crippen LogP contribution in [-0.2, 0) is 6.42 Å². The van der Waals surface area contributed by atoms with Crippen LogP contribution in [0.4, 0.5) is 17.3 Å². The van der Waals surface area contributed by atoms with Gasteiger partial charge in [-0.2, -0.15) is 4.98 Å². The fourth-order valence-electron chi connectivity index (χ4n) is 5.87. The molecule has 2 aliphatic heterocycles. The summed E-state index contributed by atoms with van der Waals surface area (Å²) in [7, 11) is 0. The minimum atomic E-state index is -0.551. The molecule has 2 aromatic carbocycles. The van der Waals surface area contributed by atoms with Crippen molar-refractivity contribution in [2.45, 2.75) is 57.7 Å². The molecule has 9 heteroatoms. The van der Waals surface area contributed by atoms with E-state index in [9.17, 15) is 9.59 Å². The molecule has 4 N–H and O–H groups in total. The number of benzene rings is 2. The van der Waals surface area contributed by atoms with Gasteiger partial charge in [0, 0.05) is 53.1 Å². The second-order valence-corrected chi connectivity index (χ2v) is 10.6. The molecule has 2 unspecified atom stereocenters. The van der Waals surface area contributed by atoms with Crippen molar-refractivity contribution in [2.75, 3.05) is 23.7 Å². The van der Waals surface area contributed by atoms with Gasteiger partial charge in [-0.25, -0.2) is 4.98 Å². The van der Waals surface area contributed by atoms with Gasteiger partial charge in [0.1, 0.15) is 11.8 Å². The molecule has 0 saturated carbocycles. The number of nitrogens with zero attached hydrogens (tertiary/aromatic N) is 3. The van der Waals surface area contributed by atoms with E-state index in [0.717, 1.165) is 60.2 Å². The first kappa shape index (κ1) is 26.0. The van der Waals surface area contributed by atoms with Gasteiger partial charge >= 0.3 is 0 Å². The maximum atomic E-state index is 14.0. The van der Waals surface area contributed by atoms with Crippen molar-refractivity contribution in [3.63, 3.8) is 0 Å². The number of fused-ring (bicyclic) bond motifs is 2. The number of carbonyl (C=O) groups excluding carboxylic acids is 1. The topological polar surface area (TPSA) is 113 Å². The molecule has 2 atom stereocenters. The number of nitrogens with one attached hydrogen (secondary N) is 4. The van der Waals surface area contributed by atoms with E-state index < -0.39 is 6.17 Å². The summed E-state index contributed by atoms with van der Waals surface area (Å²) in [6.45, 7) is 6.20. The average Bonchev–Trinajstić information content (AvgIpc) is 3.48. The van der Waals surface area contributed by atoms with Gasteiger partial charge in [-0.3, -0.25) is 14.2 Å². The first-order chi connectivity index (χ1) is 19.5. The lowest BCUT2D eigenvalue weighted by Crippen LogP contribution is -2.43. The number of carbonyl (C=O) groups is 1. The summed E-state index contributed by atoms with van der Waals surface area (Å²) in [5.41, 5.74) is 4.58. The molecule has 4 aromatic rings. The van der Waals surface area contributed by atoms with E-state index in [1.165, 1.54) is 0 Å². The Bertz CT molecular complexity index is 1590. The second kappa shape index (κ2) is 11.1. The third-order valence-corrected chi connectivity index (χ3v) is 8.08. The van der Waals surface area contributed by atoms with Gasteiger partial charge in [0.25, 0.3) is 11.5 Å². The lowest BCUT2D eigenvalue weighted by molar-refractivity contribution is 0.0905. The fourth-order valence-corrected chi connectivity index (χ4v) is 5.87. The molecule has 40 heavy (non-hydrogen) atoms. The van der Waals surface area contributed by atoms with E-state index in [-0.39, 0.29) is 17.4 Å². The molecule has 1 amide bonds. The smallest absolute Gasteiger partial charge is 0.257 e. The van der Waals surface area contributed by atoms with E-state index >= 15 is 0 Å². The summed E-state index contributed by atoms with van der Waals surface area (Å²) < 4.78 is 1.66. The number of pyridine rings is 1. The summed E-state index contributed by atoms with van der Waals surface area (Å²) in [5, 5.41) is 14.0. The van der Waals surface area contributed by atoms with Crippen molar-refractivity contribution in [2.24, 2.45) is 0 Å². The van der Waals surface area contributed by atoms with Crippen LogP contribution in [0.1, 0.15) is 66.7 Å². The maximum Gasteiger partial charge on any atom is 0.257 e. The van der Waals surface area contributed by atoms with Crippen LogP contribution in [0.25, 0.3) is 11.0 Å². The highest BCUT2D eigenvalue weighted by Gasteiger charge is 2.29. The van der Waals surface area contributed by atoms with Crippen LogP contribution >= 0.6 is 0 Å². The van der Waals surface area contributed by atoms with Crippen molar-refractivity contribution < 1.29 is 4.79 Å². The van der Waals surface area contributed by atoms with Crippen molar-refractivity contribution in [1.82, 2.24) is 25.2 Å². The van der Waals surface area contributed by atoms with Crippen molar-refractivity contribution in [3.05, 3.63) is 87.8 Å². The van der Waals surface area contributed by atoms with Crippen molar-refractivity contribution in [1.29, 1.82) is 0 Å². The Morgan fingerprint density at radius 3 is 2.58 bits per heavy atom. The van der Waals surface area contributed by atoms with Gasteiger partial charge in [-0.15, -0.1) is 0 Å². The zero-order chi connectivity index (χ0) is 27.6. The fraction of sp³-hybridized carbons (Fsp3) is 0.355. The van der Waals surface area contributed by atoms with E-state index in [1.807, 2.05) is 54.6 Å². The molecule has 0 radical (unpaired) electrons. The van der Waals surface area contributed by atoms with Crippen LogP contribution in [0.3, 0.4) is 0 Å². The van der Waals surface area contributed by atoms with E-state index in [4.69, 9.17) is 4.98 Å². The Balaban J connectivity index is 1.37. The molecular formula is C31H35N7O2. The largest absolute Gasteiger partial charge is 0.381 e. The van der Waals surface area contributed by atoms with Gasteiger partial charge in [0.15, 0.2) is 0 Å². The Morgan fingerprint density at radius 2 is 1.82 bits per heavy atom. The summed E-state index contributed by atoms with van der Waals surface area (Å²) in [6, 6.07) is 18.0. The quantitative estimate of drug-likeness (QED) is 0.258. The average molecular weight is 538 g/mol. The molecule has 206 valence electrons. The summed E-state index contributed by atoms with van der Waals surface area (Å²) in [6.07, 6.45) is 4.51. The number of amides is 1. The molecule has 0 bridgehead atoms. The second-order valence-electron chi connectivity index (χ2n) is 10.6. The highest BCUT2D eigenvalue weighted by Crippen LogP contribution is 2.28. The van der Waals surface area contributed by atoms with Gasteiger partial charge in [-0.05, 0) is 73.7 Å². The van der Waals surface area contributed by atoms with Crippen molar-refractivity contribution >= 4 is 34.3 Å². The van der Waals surface area contributed by atoms with E-state index in [2.05, 4.69) is 40.1 Å². The first-order valence-electron chi connectivity index (χ1n) is 14.2. The zero-order valence-electron chi connectivity index (χ0n) is 22.9. The predicted molar refractivity (Wildman–Crippen MR) is 158 cm³/mol. The number of aromatic nitrogens is 3. The zero-order valence-corrected chi connectivity index (χ0v) is 22.9. The summed E-state index contributed by atoms with van der Waals surface area (Å²) in [5.74, 6) is 0.313. The van der Waals surface area contributed by atoms with Gasteiger partial charge in [0.05, 0.1) is 0 Å². The van der Waals surface area contributed by atoms with Crippen LogP contribution in [0.15, 0.2) is 65.6 Å². The standard InChI is InChI=1S/C31H35N7O2/c1-3-19(4-2)26-15-21-17-33-31(35-23-11-9-22(10-12-23)34-24-13-14-32-18-24)37-28(21)38(30(26)40)27-16-20-7-5-6-8-25(20)29(39)36-27/h5-12,15,17,19,24,27,32,34H,3-4,13-14,16,18H2,1-2H3,(H,36,39)(H,33,35,37). The normalized spacial score (nSPS) is 18.5. The molecular weight excluding hydrogens is 502 g/mol. The number of hydrogen-bond acceptors (Lipinski definition) is 7. The molecule has 1 fully saturated rings. The Hall–Kier alpha value is -4.24. The number of rotatable bonds is 8.